The van der Waals surface area contributed by atoms with Crippen LogP contribution in [0.1, 0.15) is 64.2 Å². The van der Waals surface area contributed by atoms with E-state index in [1.807, 2.05) is 4.90 Å². The van der Waals surface area contributed by atoms with Gasteiger partial charge in [-0.3, -0.25) is 4.79 Å². The van der Waals surface area contributed by atoms with Crippen LogP contribution in [0.4, 0.5) is 0 Å². The highest BCUT2D eigenvalue weighted by atomic mass is 127. The molecule has 3 rings (SSSR count). The fourth-order valence-electron chi connectivity index (χ4n) is 4.53. The van der Waals surface area contributed by atoms with Gasteiger partial charge in [-0.25, -0.2) is 18.1 Å². The number of carbonyl (C=O) groups is 1. The highest BCUT2D eigenvalue weighted by Gasteiger charge is 2.34. The Hall–Kier alpha value is -0.620. The van der Waals surface area contributed by atoms with Crippen molar-refractivity contribution < 1.29 is 13.2 Å². The van der Waals surface area contributed by atoms with Gasteiger partial charge < -0.3 is 15.1 Å². The molecule has 0 spiro atoms. The van der Waals surface area contributed by atoms with Gasteiger partial charge in [0, 0.05) is 39.3 Å². The number of hydrogen-bond acceptors (Lipinski definition) is 4. The molecule has 2 N–H and O–H groups in total. The van der Waals surface area contributed by atoms with Gasteiger partial charge in [-0.1, -0.05) is 25.7 Å². The molecule has 1 heterocycles. The van der Waals surface area contributed by atoms with Crippen molar-refractivity contribution in [2.24, 2.45) is 4.99 Å². The van der Waals surface area contributed by atoms with Crippen molar-refractivity contribution in [3.63, 3.8) is 0 Å². The topological polar surface area (TPSA) is 94.1 Å². The van der Waals surface area contributed by atoms with Gasteiger partial charge in [-0.05, 0) is 38.5 Å². The Morgan fingerprint density at radius 1 is 1.00 bits per heavy atom. The van der Waals surface area contributed by atoms with Crippen LogP contribution in [-0.4, -0.2) is 81.1 Å². The van der Waals surface area contributed by atoms with Crippen molar-refractivity contribution in [2.45, 2.75) is 81.5 Å². The number of likely N-dealkylation sites (tertiary alicyclic amines) is 1. The maximum Gasteiger partial charge on any atom is 0.243 e. The van der Waals surface area contributed by atoms with Crippen molar-refractivity contribution in [2.75, 3.05) is 33.7 Å². The summed E-state index contributed by atoms with van der Waals surface area (Å²) < 4.78 is 28.8. The number of nitrogens with zero attached hydrogens (tertiary/aromatic N) is 3. The molecule has 0 aromatic carbocycles. The number of aliphatic imine (C=N–C) groups is 1. The molecule has 0 bridgehead atoms. The maximum atomic E-state index is 13.0. The van der Waals surface area contributed by atoms with Crippen LogP contribution >= 0.6 is 24.0 Å². The zero-order valence-electron chi connectivity index (χ0n) is 18.3. The summed E-state index contributed by atoms with van der Waals surface area (Å²) in [4.78, 5) is 20.2. The molecule has 1 atom stereocenters. The number of guanidine groups is 1. The van der Waals surface area contributed by atoms with E-state index in [1.54, 1.807) is 14.1 Å². The summed E-state index contributed by atoms with van der Waals surface area (Å²) in [6.07, 6.45) is 10.2. The molecule has 0 radical (unpaired) electrons. The van der Waals surface area contributed by atoms with Gasteiger partial charge in [0.2, 0.25) is 15.9 Å². The minimum atomic E-state index is -3.35. The summed E-state index contributed by atoms with van der Waals surface area (Å²) in [5, 5.41) is 3.08. The van der Waals surface area contributed by atoms with E-state index in [0.717, 1.165) is 51.5 Å². The zero-order valence-corrected chi connectivity index (χ0v) is 21.5. The van der Waals surface area contributed by atoms with Gasteiger partial charge in [0.1, 0.15) is 6.54 Å². The molecular weight excluding hydrogens is 517 g/mol. The van der Waals surface area contributed by atoms with Crippen LogP contribution in [0.25, 0.3) is 0 Å². The molecule has 2 saturated carbocycles. The minimum absolute atomic E-state index is 0. The number of amides is 1. The molecule has 2 aliphatic carbocycles. The summed E-state index contributed by atoms with van der Waals surface area (Å²) >= 11 is 0. The number of piperidine rings is 1. The molecule has 10 heteroatoms. The highest BCUT2D eigenvalue weighted by molar-refractivity contribution is 14.0. The largest absolute Gasteiger partial charge is 0.353 e. The SMILES string of the molecule is CN(C)C(=O)CN=C(NC1CCCC1)N1CCCC(S(=O)(=O)NC2CCCC2)C1.I. The molecule has 1 amide bonds. The lowest BCUT2D eigenvalue weighted by Gasteiger charge is -2.36. The molecule has 3 aliphatic rings. The Labute approximate surface area is 198 Å². The van der Waals surface area contributed by atoms with Crippen molar-refractivity contribution >= 4 is 45.9 Å². The van der Waals surface area contributed by atoms with E-state index < -0.39 is 15.3 Å². The van der Waals surface area contributed by atoms with E-state index in [0.29, 0.717) is 25.0 Å². The van der Waals surface area contributed by atoms with Gasteiger partial charge in [-0.15, -0.1) is 24.0 Å². The normalized spacial score (nSPS) is 24.0. The average Bonchev–Trinajstić information content (AvgIpc) is 3.38. The first kappa shape index (κ1) is 25.6. The van der Waals surface area contributed by atoms with Crippen LogP contribution in [0.3, 0.4) is 0 Å². The van der Waals surface area contributed by atoms with Crippen LogP contribution in [0.5, 0.6) is 0 Å². The second-order valence-electron chi connectivity index (χ2n) is 8.91. The summed E-state index contributed by atoms with van der Waals surface area (Å²) in [6.45, 7) is 1.28. The first-order valence-corrected chi connectivity index (χ1v) is 12.7. The Balaban J connectivity index is 0.00000320. The summed E-state index contributed by atoms with van der Waals surface area (Å²) in [6, 6.07) is 0.453. The number of hydrogen-bond donors (Lipinski definition) is 2. The van der Waals surface area contributed by atoms with E-state index in [2.05, 4.69) is 15.0 Å². The van der Waals surface area contributed by atoms with Gasteiger partial charge >= 0.3 is 0 Å². The molecule has 1 unspecified atom stereocenters. The number of nitrogens with one attached hydrogen (secondary N) is 2. The van der Waals surface area contributed by atoms with Crippen LogP contribution in [-0.2, 0) is 14.8 Å². The Morgan fingerprint density at radius 2 is 1.60 bits per heavy atom. The second kappa shape index (κ2) is 11.8. The third-order valence-electron chi connectivity index (χ3n) is 6.35. The van der Waals surface area contributed by atoms with Gasteiger partial charge in [0.25, 0.3) is 0 Å². The predicted octanol–water partition coefficient (Wildman–Crippen LogP) is 1.91. The van der Waals surface area contributed by atoms with E-state index >= 15 is 0 Å². The number of likely N-dealkylation sites (N-methyl/N-ethyl adjacent to an activating group) is 1. The van der Waals surface area contributed by atoms with Crippen LogP contribution in [0, 0.1) is 0 Å². The van der Waals surface area contributed by atoms with Gasteiger partial charge in [0.15, 0.2) is 5.96 Å². The molecule has 0 aromatic rings. The summed E-state index contributed by atoms with van der Waals surface area (Å²) in [7, 11) is 0.0899. The van der Waals surface area contributed by atoms with Crippen LogP contribution in [0.15, 0.2) is 4.99 Å². The third kappa shape index (κ3) is 7.22. The van der Waals surface area contributed by atoms with Gasteiger partial charge in [0.05, 0.1) is 5.25 Å². The summed E-state index contributed by atoms with van der Waals surface area (Å²) in [5.74, 6) is 0.632. The maximum absolute atomic E-state index is 13.0. The lowest BCUT2D eigenvalue weighted by Crippen LogP contribution is -2.54. The molecule has 1 saturated heterocycles. The fraction of sp³-hybridized carbons (Fsp3) is 0.900. The third-order valence-corrected chi connectivity index (χ3v) is 8.28. The van der Waals surface area contributed by atoms with Crippen LogP contribution < -0.4 is 10.0 Å². The van der Waals surface area contributed by atoms with Gasteiger partial charge in [-0.2, -0.15) is 0 Å². The monoisotopic (exact) mass is 555 g/mol. The Kier molecular flexibility index (Phi) is 10.1. The van der Waals surface area contributed by atoms with Crippen molar-refractivity contribution in [1.29, 1.82) is 0 Å². The number of sulfonamides is 1. The van der Waals surface area contributed by atoms with Crippen LogP contribution in [0.2, 0.25) is 0 Å². The molecule has 0 aromatic heterocycles. The molecule has 1 aliphatic heterocycles. The quantitative estimate of drug-likeness (QED) is 0.297. The smallest absolute Gasteiger partial charge is 0.243 e. The van der Waals surface area contributed by atoms with Crippen molar-refractivity contribution in [3.8, 4) is 0 Å². The van der Waals surface area contributed by atoms with Crippen molar-refractivity contribution in [3.05, 3.63) is 0 Å². The Bertz CT molecular complexity index is 689. The first-order valence-electron chi connectivity index (χ1n) is 11.1. The van der Waals surface area contributed by atoms with Crippen molar-refractivity contribution in [1.82, 2.24) is 19.8 Å². The molecular formula is C20H38IN5O3S. The fourth-order valence-corrected chi connectivity index (χ4v) is 6.28. The van der Waals surface area contributed by atoms with E-state index in [4.69, 9.17) is 0 Å². The molecule has 8 nitrogen and oxygen atoms in total. The lowest BCUT2D eigenvalue weighted by atomic mass is 10.1. The Morgan fingerprint density at radius 3 is 2.20 bits per heavy atom. The second-order valence-corrected chi connectivity index (χ2v) is 10.9. The predicted molar refractivity (Wildman–Crippen MR) is 131 cm³/mol. The standard InChI is InChI=1S/C20H37N5O3S.HI/c1-24(2)19(26)14-21-20(22-16-8-3-4-9-16)25-13-7-12-18(15-25)29(27,28)23-17-10-5-6-11-17;/h16-18,23H,3-15H2,1-2H3,(H,21,22);1H. The first-order chi connectivity index (χ1) is 13.8. The number of carbonyl (C=O) groups excluding carboxylic acids is 1. The number of halogens is 1. The van der Waals surface area contributed by atoms with E-state index in [-0.39, 0.29) is 42.5 Å². The molecule has 174 valence electrons. The molecule has 30 heavy (non-hydrogen) atoms. The zero-order chi connectivity index (χ0) is 20.9. The highest BCUT2D eigenvalue weighted by Crippen LogP contribution is 2.23. The number of rotatable bonds is 6. The average molecular weight is 556 g/mol. The molecule has 3 fully saturated rings. The summed E-state index contributed by atoms with van der Waals surface area (Å²) in [5.41, 5.74) is 0. The van der Waals surface area contributed by atoms with E-state index in [9.17, 15) is 13.2 Å². The van der Waals surface area contributed by atoms with E-state index in [1.165, 1.54) is 17.7 Å². The minimum Gasteiger partial charge on any atom is -0.353 e. The lowest BCUT2D eigenvalue weighted by molar-refractivity contribution is -0.127.